The largest absolute Gasteiger partial charge is 0.240 e. The minimum absolute atomic E-state index is 0.0987. The van der Waals surface area contributed by atoms with E-state index >= 15 is 0 Å². The van der Waals surface area contributed by atoms with Gasteiger partial charge in [0.1, 0.15) is 5.82 Å². The van der Waals surface area contributed by atoms with E-state index in [1.807, 2.05) is 13.0 Å². The molecule has 0 radical (unpaired) electrons. The number of aromatic nitrogens is 4. The molecule has 1 heterocycles. The third kappa shape index (κ3) is 3.78. The predicted octanol–water partition coefficient (Wildman–Crippen LogP) is 1.82. The molecule has 0 bridgehead atoms. The van der Waals surface area contributed by atoms with Crippen LogP contribution in [-0.4, -0.2) is 35.7 Å². The summed E-state index contributed by atoms with van der Waals surface area (Å²) in [5.74, 6) is -0.00247. The molecular formula is C17H18FN5O2S. The van der Waals surface area contributed by atoms with Crippen LogP contribution in [0, 0.1) is 12.7 Å². The van der Waals surface area contributed by atoms with Gasteiger partial charge in [-0.05, 0) is 66.6 Å². The van der Waals surface area contributed by atoms with Gasteiger partial charge < -0.3 is 0 Å². The lowest BCUT2D eigenvalue weighted by molar-refractivity contribution is 0.588. The molecule has 2 aromatic carbocycles. The normalized spacial score (nSPS) is 11.7. The average molecular weight is 375 g/mol. The molecular weight excluding hydrogens is 357 g/mol. The Labute approximate surface area is 150 Å². The van der Waals surface area contributed by atoms with Crippen LogP contribution in [0.15, 0.2) is 41.3 Å². The molecule has 3 aromatic rings. The second-order valence-electron chi connectivity index (χ2n) is 5.94. The fourth-order valence-electron chi connectivity index (χ4n) is 2.73. The zero-order valence-corrected chi connectivity index (χ0v) is 15.4. The molecule has 136 valence electrons. The molecule has 7 nitrogen and oxygen atoms in total. The first-order chi connectivity index (χ1) is 12.3. The van der Waals surface area contributed by atoms with Gasteiger partial charge in [-0.3, -0.25) is 0 Å². The van der Waals surface area contributed by atoms with E-state index in [4.69, 9.17) is 0 Å². The van der Waals surface area contributed by atoms with E-state index in [9.17, 15) is 12.8 Å². The lowest BCUT2D eigenvalue weighted by Gasteiger charge is -2.11. The number of hydrogen-bond acceptors (Lipinski definition) is 5. The average Bonchev–Trinajstić information content (AvgIpc) is 3.00. The van der Waals surface area contributed by atoms with Crippen molar-refractivity contribution >= 4 is 10.0 Å². The molecule has 0 atom stereocenters. The Morgan fingerprint density at radius 2 is 1.96 bits per heavy atom. The van der Waals surface area contributed by atoms with Crippen LogP contribution in [0.25, 0.3) is 11.4 Å². The molecule has 0 fully saturated rings. The van der Waals surface area contributed by atoms with Gasteiger partial charge in [-0.25, -0.2) is 17.5 Å². The van der Waals surface area contributed by atoms with Crippen molar-refractivity contribution in [2.75, 3.05) is 7.05 Å². The van der Waals surface area contributed by atoms with Crippen LogP contribution >= 0.6 is 0 Å². The van der Waals surface area contributed by atoms with Crippen molar-refractivity contribution in [3.05, 3.63) is 58.9 Å². The molecule has 1 N–H and O–H groups in total. The maximum absolute atomic E-state index is 13.7. The highest BCUT2D eigenvalue weighted by atomic mass is 32.2. The van der Waals surface area contributed by atoms with Gasteiger partial charge in [0.2, 0.25) is 15.8 Å². The van der Waals surface area contributed by atoms with Crippen LogP contribution in [0.5, 0.6) is 0 Å². The number of hydrogen-bond donors (Lipinski definition) is 1. The van der Waals surface area contributed by atoms with Crippen molar-refractivity contribution in [1.82, 2.24) is 24.9 Å². The quantitative estimate of drug-likeness (QED) is 0.735. The molecule has 0 aliphatic heterocycles. The lowest BCUT2D eigenvalue weighted by Crippen LogP contribution is -2.18. The van der Waals surface area contributed by atoms with E-state index in [0.29, 0.717) is 17.8 Å². The maximum Gasteiger partial charge on any atom is 0.240 e. The third-order valence-electron chi connectivity index (χ3n) is 3.91. The first-order valence-electron chi connectivity index (χ1n) is 7.85. The smallest absolute Gasteiger partial charge is 0.214 e. The van der Waals surface area contributed by atoms with E-state index in [1.165, 1.54) is 36.1 Å². The Kier molecular flexibility index (Phi) is 4.84. The number of nitrogens with one attached hydrogen (secondary N) is 1. The van der Waals surface area contributed by atoms with Crippen LogP contribution in [0.3, 0.4) is 0 Å². The number of halogens is 1. The third-order valence-corrected chi connectivity index (χ3v) is 5.32. The highest BCUT2D eigenvalue weighted by molar-refractivity contribution is 7.89. The summed E-state index contributed by atoms with van der Waals surface area (Å²) in [6.07, 6.45) is 0.409. The molecule has 3 rings (SSSR count). The second-order valence-corrected chi connectivity index (χ2v) is 7.83. The first-order valence-corrected chi connectivity index (χ1v) is 9.34. The Balaban J connectivity index is 2.12. The Morgan fingerprint density at radius 3 is 2.58 bits per heavy atom. The number of benzene rings is 2. The molecule has 0 aliphatic carbocycles. The van der Waals surface area contributed by atoms with Crippen molar-refractivity contribution in [2.24, 2.45) is 7.05 Å². The van der Waals surface area contributed by atoms with Gasteiger partial charge in [0.25, 0.3) is 0 Å². The molecule has 0 saturated heterocycles. The van der Waals surface area contributed by atoms with Crippen molar-refractivity contribution in [3.8, 4) is 11.4 Å². The number of tetrazole rings is 1. The minimum Gasteiger partial charge on any atom is -0.214 e. The van der Waals surface area contributed by atoms with E-state index in [0.717, 1.165) is 16.7 Å². The van der Waals surface area contributed by atoms with Gasteiger partial charge in [-0.15, -0.1) is 10.2 Å². The van der Waals surface area contributed by atoms with Crippen LogP contribution in [0.4, 0.5) is 4.39 Å². The van der Waals surface area contributed by atoms with Crippen LogP contribution in [0.2, 0.25) is 0 Å². The topological polar surface area (TPSA) is 89.8 Å². The van der Waals surface area contributed by atoms with Gasteiger partial charge in [0.15, 0.2) is 0 Å². The Hall–Kier alpha value is -2.65. The van der Waals surface area contributed by atoms with E-state index < -0.39 is 10.0 Å². The van der Waals surface area contributed by atoms with Gasteiger partial charge in [-0.2, -0.15) is 4.80 Å². The number of sulfonamides is 1. The van der Waals surface area contributed by atoms with Crippen molar-refractivity contribution < 1.29 is 12.8 Å². The second kappa shape index (κ2) is 6.93. The molecule has 0 spiro atoms. The first kappa shape index (κ1) is 18.2. The van der Waals surface area contributed by atoms with Crippen LogP contribution in [-0.2, 0) is 23.5 Å². The molecule has 9 heteroatoms. The fraction of sp³-hybridized carbons (Fsp3) is 0.235. The standard InChI is InChI=1S/C17H18FN5O2S/c1-11-6-12(9-14(18)7-11)8-13-4-5-15(26(24,25)19-2)10-16(13)17-20-22-23(3)21-17/h4-7,9-10,19H,8H2,1-3H3. The van der Waals surface area contributed by atoms with Crippen molar-refractivity contribution in [2.45, 2.75) is 18.2 Å². The highest BCUT2D eigenvalue weighted by Crippen LogP contribution is 2.26. The van der Waals surface area contributed by atoms with Crippen LogP contribution in [0.1, 0.15) is 16.7 Å². The van der Waals surface area contributed by atoms with Crippen molar-refractivity contribution in [1.29, 1.82) is 0 Å². The summed E-state index contributed by atoms with van der Waals surface area (Å²) >= 11 is 0. The molecule has 0 unspecified atom stereocenters. The lowest BCUT2D eigenvalue weighted by atomic mass is 9.98. The Morgan fingerprint density at radius 1 is 1.19 bits per heavy atom. The number of nitrogens with zero attached hydrogens (tertiary/aromatic N) is 4. The minimum atomic E-state index is -3.62. The monoisotopic (exact) mass is 375 g/mol. The van der Waals surface area contributed by atoms with E-state index in [-0.39, 0.29) is 10.7 Å². The van der Waals surface area contributed by atoms with Gasteiger partial charge >= 0.3 is 0 Å². The summed E-state index contributed by atoms with van der Waals surface area (Å²) in [5.41, 5.74) is 2.90. The summed E-state index contributed by atoms with van der Waals surface area (Å²) < 4.78 is 40.2. The van der Waals surface area contributed by atoms with E-state index in [2.05, 4.69) is 20.1 Å². The molecule has 0 amide bonds. The zero-order chi connectivity index (χ0) is 18.9. The van der Waals surface area contributed by atoms with Crippen molar-refractivity contribution in [3.63, 3.8) is 0 Å². The summed E-state index contributed by atoms with van der Waals surface area (Å²) in [5, 5.41) is 12.0. The summed E-state index contributed by atoms with van der Waals surface area (Å²) in [4.78, 5) is 1.40. The summed E-state index contributed by atoms with van der Waals surface area (Å²) in [6.45, 7) is 1.82. The van der Waals surface area contributed by atoms with Crippen LogP contribution < -0.4 is 4.72 Å². The summed E-state index contributed by atoms with van der Waals surface area (Å²) in [7, 11) is -0.646. The summed E-state index contributed by atoms with van der Waals surface area (Å²) in [6, 6.07) is 9.50. The Bertz CT molecular complexity index is 1040. The van der Waals surface area contributed by atoms with Gasteiger partial charge in [0.05, 0.1) is 11.9 Å². The SMILES string of the molecule is CNS(=O)(=O)c1ccc(Cc2cc(C)cc(F)c2)c(-c2nnn(C)n2)c1. The molecule has 0 saturated carbocycles. The molecule has 0 aliphatic rings. The fourth-order valence-corrected chi connectivity index (χ4v) is 3.48. The molecule has 26 heavy (non-hydrogen) atoms. The van der Waals surface area contributed by atoms with Gasteiger partial charge in [-0.1, -0.05) is 12.1 Å². The maximum atomic E-state index is 13.7. The number of rotatable bonds is 5. The van der Waals surface area contributed by atoms with E-state index in [1.54, 1.807) is 13.1 Å². The zero-order valence-electron chi connectivity index (χ0n) is 14.6. The highest BCUT2D eigenvalue weighted by Gasteiger charge is 2.18. The number of aryl methyl sites for hydroxylation is 2. The predicted molar refractivity (Wildman–Crippen MR) is 94.4 cm³/mol. The van der Waals surface area contributed by atoms with Gasteiger partial charge in [0, 0.05) is 5.56 Å². The molecule has 1 aromatic heterocycles.